The van der Waals surface area contributed by atoms with Crippen LogP contribution in [0.15, 0.2) is 24.5 Å². The van der Waals surface area contributed by atoms with Crippen LogP contribution < -0.4 is 5.73 Å². The van der Waals surface area contributed by atoms with Gasteiger partial charge in [-0.25, -0.2) is 0 Å². The fraction of sp³-hybridized carbons (Fsp3) is 0.500. The Morgan fingerprint density at radius 1 is 1.63 bits per heavy atom. The number of hydrogen-bond donors (Lipinski definition) is 1. The average molecular weight is 260 g/mol. The summed E-state index contributed by atoms with van der Waals surface area (Å²) < 4.78 is 0. The molecule has 0 radical (unpaired) electrons. The second-order valence-corrected chi connectivity index (χ2v) is 4.42. The minimum absolute atomic E-state index is 0.0963. The van der Waals surface area contributed by atoms with Crippen LogP contribution in [-0.2, 0) is 11.3 Å². The first-order valence-corrected chi connectivity index (χ1v) is 6.49. The van der Waals surface area contributed by atoms with Gasteiger partial charge in [-0.05, 0) is 18.1 Å². The highest BCUT2D eigenvalue weighted by atomic mass is 16.2. The van der Waals surface area contributed by atoms with Gasteiger partial charge in [-0.3, -0.25) is 9.78 Å². The summed E-state index contributed by atoms with van der Waals surface area (Å²) >= 11 is 0. The van der Waals surface area contributed by atoms with Crippen molar-refractivity contribution < 1.29 is 4.79 Å². The Morgan fingerprint density at radius 2 is 2.42 bits per heavy atom. The standard InChI is InChI=1S/C14H20N4O/c1-2-5-13(16)14(19)18(9-4-7-15)11-12-6-3-8-17-10-12/h3,6,8,10,13H,2,4-5,9,11,16H2,1H3/t13-/m0/s1. The summed E-state index contributed by atoms with van der Waals surface area (Å²) in [5.74, 6) is -0.0963. The number of hydrogen-bond acceptors (Lipinski definition) is 4. The van der Waals surface area contributed by atoms with Crippen molar-refractivity contribution in [3.05, 3.63) is 30.1 Å². The van der Waals surface area contributed by atoms with Crippen molar-refractivity contribution in [3.63, 3.8) is 0 Å². The first-order valence-electron chi connectivity index (χ1n) is 6.49. The summed E-state index contributed by atoms with van der Waals surface area (Å²) in [6.45, 7) is 2.85. The number of aromatic nitrogens is 1. The first kappa shape index (κ1) is 15.1. The number of carbonyl (C=O) groups is 1. The van der Waals surface area contributed by atoms with E-state index in [1.165, 1.54) is 0 Å². The predicted molar refractivity (Wildman–Crippen MR) is 72.8 cm³/mol. The Labute approximate surface area is 114 Å². The van der Waals surface area contributed by atoms with Gasteiger partial charge in [0.15, 0.2) is 0 Å². The highest BCUT2D eigenvalue weighted by Gasteiger charge is 2.20. The smallest absolute Gasteiger partial charge is 0.239 e. The Balaban J connectivity index is 2.71. The Kier molecular flexibility index (Phi) is 6.55. The third-order valence-electron chi connectivity index (χ3n) is 2.82. The molecule has 1 aromatic heterocycles. The van der Waals surface area contributed by atoms with Crippen LogP contribution in [0.1, 0.15) is 31.7 Å². The molecule has 0 bridgehead atoms. The molecule has 2 N–H and O–H groups in total. The van der Waals surface area contributed by atoms with Crippen molar-refractivity contribution in [2.24, 2.45) is 5.73 Å². The lowest BCUT2D eigenvalue weighted by Gasteiger charge is -2.24. The highest BCUT2D eigenvalue weighted by molar-refractivity contribution is 5.81. The molecule has 0 aliphatic rings. The Hall–Kier alpha value is -1.93. The van der Waals surface area contributed by atoms with Gasteiger partial charge in [0.1, 0.15) is 0 Å². The van der Waals surface area contributed by atoms with Gasteiger partial charge in [0.25, 0.3) is 0 Å². The summed E-state index contributed by atoms with van der Waals surface area (Å²) in [6, 6.07) is 5.31. The zero-order valence-corrected chi connectivity index (χ0v) is 11.2. The number of carbonyl (C=O) groups excluding carboxylic acids is 1. The number of pyridine rings is 1. The summed E-state index contributed by atoms with van der Waals surface area (Å²) in [5, 5.41) is 8.67. The quantitative estimate of drug-likeness (QED) is 0.804. The molecule has 19 heavy (non-hydrogen) atoms. The molecule has 102 valence electrons. The van der Waals surface area contributed by atoms with E-state index in [2.05, 4.69) is 11.1 Å². The van der Waals surface area contributed by atoms with E-state index in [0.717, 1.165) is 12.0 Å². The lowest BCUT2D eigenvalue weighted by molar-refractivity contribution is -0.133. The zero-order chi connectivity index (χ0) is 14.1. The maximum Gasteiger partial charge on any atom is 0.239 e. The van der Waals surface area contributed by atoms with E-state index in [9.17, 15) is 4.79 Å². The molecule has 5 nitrogen and oxygen atoms in total. The number of nitriles is 1. The van der Waals surface area contributed by atoms with Crippen molar-refractivity contribution >= 4 is 5.91 Å². The minimum Gasteiger partial charge on any atom is -0.336 e. The number of nitrogens with zero attached hydrogens (tertiary/aromatic N) is 3. The highest BCUT2D eigenvalue weighted by Crippen LogP contribution is 2.07. The van der Waals surface area contributed by atoms with Crippen molar-refractivity contribution in [1.29, 1.82) is 5.26 Å². The van der Waals surface area contributed by atoms with Crippen LogP contribution in [0.25, 0.3) is 0 Å². The Morgan fingerprint density at radius 3 is 3.00 bits per heavy atom. The Bertz CT molecular complexity index is 427. The molecule has 0 aliphatic carbocycles. The maximum absolute atomic E-state index is 12.2. The third kappa shape index (κ3) is 5.06. The van der Waals surface area contributed by atoms with Gasteiger partial charge in [-0.2, -0.15) is 5.26 Å². The van der Waals surface area contributed by atoms with Gasteiger partial charge >= 0.3 is 0 Å². The van der Waals surface area contributed by atoms with Gasteiger partial charge < -0.3 is 10.6 Å². The molecule has 0 fully saturated rings. The molecule has 0 saturated heterocycles. The monoisotopic (exact) mass is 260 g/mol. The van der Waals surface area contributed by atoms with Gasteiger partial charge in [-0.1, -0.05) is 19.4 Å². The lowest BCUT2D eigenvalue weighted by atomic mass is 10.1. The molecule has 0 unspecified atom stereocenters. The van der Waals surface area contributed by atoms with E-state index in [-0.39, 0.29) is 5.91 Å². The number of rotatable bonds is 7. The molecule has 5 heteroatoms. The second-order valence-electron chi connectivity index (χ2n) is 4.42. The number of nitrogens with two attached hydrogens (primary N) is 1. The zero-order valence-electron chi connectivity index (χ0n) is 11.2. The van der Waals surface area contributed by atoms with Crippen LogP contribution in [-0.4, -0.2) is 28.4 Å². The molecule has 0 saturated carbocycles. The SMILES string of the molecule is CCC[C@H](N)C(=O)N(CCC#N)Cc1cccnc1. The topological polar surface area (TPSA) is 83.0 Å². The molecule has 0 spiro atoms. The van der Waals surface area contributed by atoms with E-state index in [4.69, 9.17) is 11.0 Å². The first-order chi connectivity index (χ1) is 9.19. The van der Waals surface area contributed by atoms with E-state index >= 15 is 0 Å². The molecular formula is C14H20N4O. The molecular weight excluding hydrogens is 240 g/mol. The van der Waals surface area contributed by atoms with Crippen molar-refractivity contribution in [2.45, 2.75) is 38.8 Å². The van der Waals surface area contributed by atoms with E-state index in [0.29, 0.717) is 25.9 Å². The van der Waals surface area contributed by atoms with Crippen LogP contribution in [0.5, 0.6) is 0 Å². The van der Waals surface area contributed by atoms with Gasteiger partial charge in [0.05, 0.1) is 18.5 Å². The van der Waals surface area contributed by atoms with Crippen molar-refractivity contribution in [1.82, 2.24) is 9.88 Å². The molecule has 1 aromatic rings. The van der Waals surface area contributed by atoms with E-state index in [1.54, 1.807) is 17.3 Å². The molecule has 1 heterocycles. The van der Waals surface area contributed by atoms with Crippen LogP contribution in [0.2, 0.25) is 0 Å². The van der Waals surface area contributed by atoms with Crippen LogP contribution >= 0.6 is 0 Å². The van der Waals surface area contributed by atoms with Crippen molar-refractivity contribution in [3.8, 4) is 6.07 Å². The summed E-state index contributed by atoms with van der Waals surface area (Å²) in [5.41, 5.74) is 6.81. The normalized spacial score (nSPS) is 11.6. The van der Waals surface area contributed by atoms with E-state index < -0.39 is 6.04 Å². The maximum atomic E-state index is 12.2. The third-order valence-corrected chi connectivity index (χ3v) is 2.82. The predicted octanol–water partition coefficient (Wildman–Crippen LogP) is 1.45. The van der Waals surface area contributed by atoms with Crippen LogP contribution in [0, 0.1) is 11.3 Å². The van der Waals surface area contributed by atoms with Gasteiger partial charge in [-0.15, -0.1) is 0 Å². The molecule has 0 aromatic carbocycles. The lowest BCUT2D eigenvalue weighted by Crippen LogP contribution is -2.43. The van der Waals surface area contributed by atoms with E-state index in [1.807, 2.05) is 19.1 Å². The van der Waals surface area contributed by atoms with Crippen LogP contribution in [0.3, 0.4) is 0 Å². The second kappa shape index (κ2) is 8.22. The minimum atomic E-state index is -0.486. The van der Waals surface area contributed by atoms with Crippen molar-refractivity contribution in [2.75, 3.05) is 6.54 Å². The fourth-order valence-electron chi connectivity index (χ4n) is 1.83. The summed E-state index contributed by atoms with van der Waals surface area (Å²) in [4.78, 5) is 17.9. The summed E-state index contributed by atoms with van der Waals surface area (Å²) in [6.07, 6.45) is 5.25. The van der Waals surface area contributed by atoms with Gasteiger partial charge in [0, 0.05) is 25.5 Å². The fourth-order valence-corrected chi connectivity index (χ4v) is 1.83. The molecule has 0 aliphatic heterocycles. The number of amides is 1. The molecule has 1 atom stereocenters. The van der Waals surface area contributed by atoms with Crippen LogP contribution in [0.4, 0.5) is 0 Å². The molecule has 1 rings (SSSR count). The summed E-state index contributed by atoms with van der Waals surface area (Å²) in [7, 11) is 0. The molecule has 1 amide bonds. The average Bonchev–Trinajstić information content (AvgIpc) is 2.44. The largest absolute Gasteiger partial charge is 0.336 e. The van der Waals surface area contributed by atoms with Gasteiger partial charge in [0.2, 0.25) is 5.91 Å².